The van der Waals surface area contributed by atoms with Gasteiger partial charge in [0.05, 0.1) is 6.61 Å². The van der Waals surface area contributed by atoms with Gasteiger partial charge >= 0.3 is 5.97 Å². The van der Waals surface area contributed by atoms with Gasteiger partial charge in [-0.05, 0) is 31.4 Å². The molecular formula is C14H19NO3. The molecule has 1 aromatic heterocycles. The van der Waals surface area contributed by atoms with E-state index in [9.17, 15) is 9.59 Å². The molecule has 0 fully saturated rings. The van der Waals surface area contributed by atoms with Gasteiger partial charge in [-0.25, -0.2) is 0 Å². The standard InChI is InChI=1S/C14H19NO3/c1-4-10-9-15-8-7-12(10)13(16)11(5-2)14(17)18-6-3/h7-9,11H,4-6H2,1-3H3. The summed E-state index contributed by atoms with van der Waals surface area (Å²) in [5.74, 6) is -1.32. The number of hydrogen-bond acceptors (Lipinski definition) is 4. The summed E-state index contributed by atoms with van der Waals surface area (Å²) in [4.78, 5) is 28.1. The van der Waals surface area contributed by atoms with Gasteiger partial charge in [0.2, 0.25) is 0 Å². The third kappa shape index (κ3) is 3.15. The first-order valence-electron chi connectivity index (χ1n) is 6.29. The number of ketones is 1. The smallest absolute Gasteiger partial charge is 0.316 e. The zero-order valence-electron chi connectivity index (χ0n) is 11.1. The maximum Gasteiger partial charge on any atom is 0.316 e. The first kappa shape index (κ1) is 14.4. The van der Waals surface area contributed by atoms with Gasteiger partial charge in [0, 0.05) is 18.0 Å². The van der Waals surface area contributed by atoms with Crippen LogP contribution in [-0.4, -0.2) is 23.3 Å². The molecule has 1 aromatic rings. The zero-order valence-corrected chi connectivity index (χ0v) is 11.1. The largest absolute Gasteiger partial charge is 0.465 e. The summed E-state index contributed by atoms with van der Waals surface area (Å²) in [6.45, 7) is 5.80. The quantitative estimate of drug-likeness (QED) is 0.441. The van der Waals surface area contributed by atoms with E-state index in [0.29, 0.717) is 25.0 Å². The van der Waals surface area contributed by atoms with Crippen LogP contribution in [0.5, 0.6) is 0 Å². The number of aryl methyl sites for hydroxylation is 1. The molecule has 1 heterocycles. The molecule has 18 heavy (non-hydrogen) atoms. The number of nitrogens with zero attached hydrogens (tertiary/aromatic N) is 1. The maximum atomic E-state index is 12.3. The molecule has 98 valence electrons. The Hall–Kier alpha value is -1.71. The lowest BCUT2D eigenvalue weighted by Gasteiger charge is -2.14. The molecule has 0 N–H and O–H groups in total. The number of ether oxygens (including phenoxy) is 1. The van der Waals surface area contributed by atoms with Crippen molar-refractivity contribution in [3.63, 3.8) is 0 Å². The van der Waals surface area contributed by atoms with Crippen molar-refractivity contribution >= 4 is 11.8 Å². The van der Waals surface area contributed by atoms with Crippen molar-refractivity contribution < 1.29 is 14.3 Å². The summed E-state index contributed by atoms with van der Waals surface area (Å²) in [5, 5.41) is 0. The van der Waals surface area contributed by atoms with Crippen LogP contribution < -0.4 is 0 Å². The highest BCUT2D eigenvalue weighted by Crippen LogP contribution is 2.17. The second-order valence-corrected chi connectivity index (χ2v) is 3.96. The minimum absolute atomic E-state index is 0.171. The third-order valence-corrected chi connectivity index (χ3v) is 2.85. The first-order valence-corrected chi connectivity index (χ1v) is 6.29. The van der Waals surface area contributed by atoms with Gasteiger partial charge in [-0.1, -0.05) is 13.8 Å². The zero-order chi connectivity index (χ0) is 13.5. The van der Waals surface area contributed by atoms with Crippen molar-refractivity contribution in [1.82, 2.24) is 4.98 Å². The molecular weight excluding hydrogens is 230 g/mol. The Balaban J connectivity index is 3.00. The Bertz CT molecular complexity index is 429. The van der Waals surface area contributed by atoms with Crippen LogP contribution in [0.15, 0.2) is 18.5 Å². The van der Waals surface area contributed by atoms with Crippen molar-refractivity contribution in [1.29, 1.82) is 0 Å². The van der Waals surface area contributed by atoms with Crippen LogP contribution in [0.1, 0.15) is 43.1 Å². The topological polar surface area (TPSA) is 56.3 Å². The Morgan fingerprint density at radius 1 is 1.33 bits per heavy atom. The average molecular weight is 249 g/mol. The summed E-state index contributed by atoms with van der Waals surface area (Å²) >= 11 is 0. The fourth-order valence-corrected chi connectivity index (χ4v) is 1.84. The number of esters is 1. The maximum absolute atomic E-state index is 12.3. The third-order valence-electron chi connectivity index (χ3n) is 2.85. The van der Waals surface area contributed by atoms with Crippen molar-refractivity contribution in [3.05, 3.63) is 29.6 Å². The normalized spacial score (nSPS) is 11.9. The van der Waals surface area contributed by atoms with E-state index in [4.69, 9.17) is 4.74 Å². The number of Topliss-reactive ketones (excluding diaryl/α,β-unsaturated/α-hetero) is 1. The number of carbonyl (C=O) groups excluding carboxylic acids is 2. The minimum Gasteiger partial charge on any atom is -0.465 e. The second-order valence-electron chi connectivity index (χ2n) is 3.96. The summed E-state index contributed by atoms with van der Waals surface area (Å²) in [5.41, 5.74) is 1.44. The van der Waals surface area contributed by atoms with Gasteiger partial charge in [-0.15, -0.1) is 0 Å². The van der Waals surface area contributed by atoms with Gasteiger partial charge in [0.15, 0.2) is 5.78 Å². The molecule has 0 bridgehead atoms. The van der Waals surface area contributed by atoms with Crippen LogP contribution in [0.25, 0.3) is 0 Å². The van der Waals surface area contributed by atoms with Crippen molar-refractivity contribution in [2.75, 3.05) is 6.61 Å². The second kappa shape index (κ2) is 6.89. The lowest BCUT2D eigenvalue weighted by atomic mass is 9.92. The van der Waals surface area contributed by atoms with E-state index in [0.717, 1.165) is 5.56 Å². The van der Waals surface area contributed by atoms with E-state index in [-0.39, 0.29) is 5.78 Å². The number of hydrogen-bond donors (Lipinski definition) is 0. The molecule has 1 unspecified atom stereocenters. The predicted molar refractivity (Wildman–Crippen MR) is 68.4 cm³/mol. The summed E-state index contributed by atoms with van der Waals surface area (Å²) in [6.07, 6.45) is 4.41. The summed E-state index contributed by atoms with van der Waals surface area (Å²) in [6, 6.07) is 1.67. The van der Waals surface area contributed by atoms with E-state index in [1.165, 1.54) is 0 Å². The minimum atomic E-state index is -0.711. The van der Waals surface area contributed by atoms with Gasteiger partial charge in [0.1, 0.15) is 5.92 Å². The molecule has 1 atom stereocenters. The lowest BCUT2D eigenvalue weighted by molar-refractivity contribution is -0.146. The highest BCUT2D eigenvalue weighted by atomic mass is 16.5. The van der Waals surface area contributed by atoms with Gasteiger partial charge in [-0.2, -0.15) is 0 Å². The number of aromatic nitrogens is 1. The Morgan fingerprint density at radius 2 is 2.06 bits per heavy atom. The molecule has 0 amide bonds. The average Bonchev–Trinajstić information content (AvgIpc) is 2.39. The van der Waals surface area contributed by atoms with E-state index in [1.54, 1.807) is 25.4 Å². The van der Waals surface area contributed by atoms with Crippen molar-refractivity contribution in [2.45, 2.75) is 33.6 Å². The van der Waals surface area contributed by atoms with Crippen LogP contribution >= 0.6 is 0 Å². The van der Waals surface area contributed by atoms with E-state index in [1.807, 2.05) is 13.8 Å². The molecule has 4 nitrogen and oxygen atoms in total. The number of rotatable bonds is 6. The molecule has 0 saturated carbocycles. The molecule has 0 saturated heterocycles. The highest BCUT2D eigenvalue weighted by Gasteiger charge is 2.28. The predicted octanol–water partition coefficient (Wildman–Crippen LogP) is 2.42. The molecule has 0 aliphatic heterocycles. The number of pyridine rings is 1. The van der Waals surface area contributed by atoms with E-state index < -0.39 is 11.9 Å². The van der Waals surface area contributed by atoms with Crippen LogP contribution in [-0.2, 0) is 16.0 Å². The van der Waals surface area contributed by atoms with Crippen LogP contribution in [0.4, 0.5) is 0 Å². The molecule has 0 aromatic carbocycles. The van der Waals surface area contributed by atoms with Gasteiger partial charge < -0.3 is 4.74 Å². The Kier molecular flexibility index (Phi) is 5.49. The van der Waals surface area contributed by atoms with Crippen LogP contribution in [0.2, 0.25) is 0 Å². The highest BCUT2D eigenvalue weighted by molar-refractivity contribution is 6.09. The summed E-state index contributed by atoms with van der Waals surface area (Å²) < 4.78 is 4.94. The van der Waals surface area contributed by atoms with Crippen molar-refractivity contribution in [3.8, 4) is 0 Å². The molecule has 4 heteroatoms. The fourth-order valence-electron chi connectivity index (χ4n) is 1.84. The SMILES string of the molecule is CCOC(=O)C(CC)C(=O)c1ccncc1CC. The van der Waals surface area contributed by atoms with E-state index >= 15 is 0 Å². The molecule has 1 rings (SSSR count). The summed E-state index contributed by atoms with van der Waals surface area (Å²) in [7, 11) is 0. The molecule has 0 spiro atoms. The molecule has 0 aliphatic carbocycles. The fraction of sp³-hybridized carbons (Fsp3) is 0.500. The monoisotopic (exact) mass is 249 g/mol. The molecule has 0 aliphatic rings. The lowest BCUT2D eigenvalue weighted by Crippen LogP contribution is -2.26. The first-order chi connectivity index (χ1) is 8.65. The molecule has 0 radical (unpaired) electrons. The Morgan fingerprint density at radius 3 is 2.61 bits per heavy atom. The number of carbonyl (C=O) groups is 2. The van der Waals surface area contributed by atoms with Gasteiger partial charge in [0.25, 0.3) is 0 Å². The van der Waals surface area contributed by atoms with Crippen molar-refractivity contribution in [2.24, 2.45) is 5.92 Å². The van der Waals surface area contributed by atoms with Crippen LogP contribution in [0, 0.1) is 5.92 Å². The Labute approximate surface area is 107 Å². The van der Waals surface area contributed by atoms with E-state index in [2.05, 4.69) is 4.98 Å². The van der Waals surface area contributed by atoms with Gasteiger partial charge in [-0.3, -0.25) is 14.6 Å². The van der Waals surface area contributed by atoms with Crippen LogP contribution in [0.3, 0.4) is 0 Å².